The van der Waals surface area contributed by atoms with Crippen molar-refractivity contribution < 1.29 is 14.3 Å². The number of hydrogen-bond donors (Lipinski definition) is 2. The fourth-order valence-corrected chi connectivity index (χ4v) is 3.06. The van der Waals surface area contributed by atoms with Crippen LogP contribution >= 0.6 is 11.3 Å². The molecule has 0 aliphatic heterocycles. The number of benzene rings is 2. The maximum absolute atomic E-state index is 12.6. The van der Waals surface area contributed by atoms with E-state index in [0.717, 1.165) is 10.4 Å². The molecule has 7 heteroatoms. The van der Waals surface area contributed by atoms with Crippen molar-refractivity contribution in [3.05, 3.63) is 93.8 Å². The summed E-state index contributed by atoms with van der Waals surface area (Å²) in [6.07, 6.45) is 3.12. The Labute approximate surface area is 172 Å². The highest BCUT2D eigenvalue weighted by Gasteiger charge is 2.14. The number of methoxy groups -OCH3 is 1. The van der Waals surface area contributed by atoms with Gasteiger partial charge in [0.15, 0.2) is 0 Å². The first kappa shape index (κ1) is 20.0. The molecule has 0 aliphatic rings. The van der Waals surface area contributed by atoms with Gasteiger partial charge in [0.2, 0.25) is 0 Å². The molecule has 0 unspecified atom stereocenters. The van der Waals surface area contributed by atoms with Crippen LogP contribution in [-0.4, -0.2) is 25.1 Å². The molecular weight excluding hydrogens is 386 g/mol. The average Bonchev–Trinajstić information content (AvgIpc) is 3.27. The molecule has 2 aromatic carbocycles. The summed E-state index contributed by atoms with van der Waals surface area (Å²) in [5, 5.41) is 8.53. The van der Waals surface area contributed by atoms with E-state index >= 15 is 0 Å². The maximum Gasteiger partial charge on any atom is 0.287 e. The standard InChI is InChI=1S/C22H19N3O3S/c1-28-18-10-5-7-16(13-18)15-23-25-22(27)20(14-19-11-6-12-29-19)24-21(26)17-8-3-2-4-9-17/h2-15H,1H3,(H,24,26)(H,25,27)/b20-14+,23-15+. The lowest BCUT2D eigenvalue weighted by atomic mass is 10.2. The second-order valence-corrected chi connectivity index (χ2v) is 6.85. The summed E-state index contributed by atoms with van der Waals surface area (Å²) in [6, 6.07) is 19.7. The molecule has 2 N–H and O–H groups in total. The van der Waals surface area contributed by atoms with E-state index in [0.29, 0.717) is 11.3 Å². The number of amides is 2. The monoisotopic (exact) mass is 405 g/mol. The number of carbonyl (C=O) groups is 2. The Morgan fingerprint density at radius 3 is 2.59 bits per heavy atom. The van der Waals surface area contributed by atoms with E-state index in [1.807, 2.05) is 41.8 Å². The third-order valence-electron chi connectivity index (χ3n) is 3.83. The number of hydrogen-bond acceptors (Lipinski definition) is 5. The Kier molecular flexibility index (Phi) is 6.91. The second kappa shape index (κ2) is 10.0. The minimum Gasteiger partial charge on any atom is -0.497 e. The molecule has 6 nitrogen and oxygen atoms in total. The first-order valence-corrected chi connectivity index (χ1v) is 9.63. The van der Waals surface area contributed by atoms with E-state index < -0.39 is 5.91 Å². The molecular formula is C22H19N3O3S. The van der Waals surface area contributed by atoms with Crippen LogP contribution in [0.4, 0.5) is 0 Å². The topological polar surface area (TPSA) is 79.8 Å². The fraction of sp³-hybridized carbons (Fsp3) is 0.0455. The average molecular weight is 405 g/mol. The lowest BCUT2D eigenvalue weighted by Crippen LogP contribution is -2.32. The van der Waals surface area contributed by atoms with Gasteiger partial charge in [0.1, 0.15) is 11.4 Å². The zero-order valence-corrected chi connectivity index (χ0v) is 16.5. The van der Waals surface area contributed by atoms with Crippen LogP contribution in [0.3, 0.4) is 0 Å². The third-order valence-corrected chi connectivity index (χ3v) is 4.65. The molecule has 3 rings (SSSR count). The first-order valence-electron chi connectivity index (χ1n) is 8.75. The fourth-order valence-electron chi connectivity index (χ4n) is 2.41. The van der Waals surface area contributed by atoms with Crippen LogP contribution in [0.15, 0.2) is 82.9 Å². The molecule has 146 valence electrons. The smallest absolute Gasteiger partial charge is 0.287 e. The molecule has 3 aromatic rings. The normalized spacial score (nSPS) is 11.3. The van der Waals surface area contributed by atoms with Gasteiger partial charge in [0.25, 0.3) is 11.8 Å². The molecule has 0 saturated heterocycles. The van der Waals surface area contributed by atoms with Crippen molar-refractivity contribution in [2.75, 3.05) is 7.11 Å². The van der Waals surface area contributed by atoms with E-state index in [2.05, 4.69) is 15.8 Å². The zero-order valence-electron chi connectivity index (χ0n) is 15.7. The van der Waals surface area contributed by atoms with Gasteiger partial charge >= 0.3 is 0 Å². The quantitative estimate of drug-likeness (QED) is 0.358. The van der Waals surface area contributed by atoms with Crippen LogP contribution in [0.25, 0.3) is 6.08 Å². The maximum atomic E-state index is 12.6. The van der Waals surface area contributed by atoms with Gasteiger partial charge in [-0.05, 0) is 47.4 Å². The van der Waals surface area contributed by atoms with E-state index in [9.17, 15) is 9.59 Å². The van der Waals surface area contributed by atoms with Crippen LogP contribution in [-0.2, 0) is 4.79 Å². The van der Waals surface area contributed by atoms with Gasteiger partial charge < -0.3 is 10.1 Å². The molecule has 0 spiro atoms. The molecule has 0 aliphatic carbocycles. The van der Waals surface area contributed by atoms with Gasteiger partial charge in [-0.15, -0.1) is 11.3 Å². The van der Waals surface area contributed by atoms with E-state index in [1.54, 1.807) is 43.5 Å². The van der Waals surface area contributed by atoms with E-state index in [4.69, 9.17) is 4.74 Å². The third kappa shape index (κ3) is 5.88. The molecule has 0 fully saturated rings. The van der Waals surface area contributed by atoms with Gasteiger partial charge in [-0.3, -0.25) is 9.59 Å². The molecule has 0 bridgehead atoms. The number of hydrazone groups is 1. The Hall–Kier alpha value is -3.71. The van der Waals surface area contributed by atoms with E-state index in [1.165, 1.54) is 17.6 Å². The number of rotatable bonds is 7. The van der Waals surface area contributed by atoms with Crippen molar-refractivity contribution >= 4 is 35.4 Å². The minimum atomic E-state index is -0.526. The summed E-state index contributed by atoms with van der Waals surface area (Å²) in [5.74, 6) is -0.212. The van der Waals surface area contributed by atoms with Gasteiger partial charge in [-0.25, -0.2) is 5.43 Å². The SMILES string of the molecule is COc1cccc(/C=N/NC(=O)/C(=C\c2cccs2)NC(=O)c2ccccc2)c1. The minimum absolute atomic E-state index is 0.101. The molecule has 2 amide bonds. The zero-order chi connectivity index (χ0) is 20.5. The molecule has 0 saturated carbocycles. The second-order valence-electron chi connectivity index (χ2n) is 5.87. The Morgan fingerprint density at radius 2 is 1.86 bits per heavy atom. The van der Waals surface area contributed by atoms with Crippen molar-refractivity contribution in [2.45, 2.75) is 0 Å². The van der Waals surface area contributed by atoms with Gasteiger partial charge in [0, 0.05) is 10.4 Å². The highest BCUT2D eigenvalue weighted by atomic mass is 32.1. The van der Waals surface area contributed by atoms with Crippen LogP contribution in [0.1, 0.15) is 20.8 Å². The van der Waals surface area contributed by atoms with E-state index in [-0.39, 0.29) is 11.6 Å². The van der Waals surface area contributed by atoms with Crippen molar-refractivity contribution in [3.8, 4) is 5.75 Å². The number of ether oxygens (including phenoxy) is 1. The van der Waals surface area contributed by atoms with Crippen LogP contribution < -0.4 is 15.5 Å². The largest absolute Gasteiger partial charge is 0.497 e. The van der Waals surface area contributed by atoms with Crippen molar-refractivity contribution in [2.24, 2.45) is 5.10 Å². The summed E-state index contributed by atoms with van der Waals surface area (Å²) in [5.41, 5.74) is 3.77. The molecule has 29 heavy (non-hydrogen) atoms. The Balaban J connectivity index is 1.74. The van der Waals surface area contributed by atoms with Crippen molar-refractivity contribution in [1.29, 1.82) is 0 Å². The highest BCUT2D eigenvalue weighted by molar-refractivity contribution is 7.10. The number of carbonyl (C=O) groups excluding carboxylic acids is 2. The number of thiophene rings is 1. The van der Waals surface area contributed by atoms with Gasteiger partial charge in [0.05, 0.1) is 13.3 Å². The van der Waals surface area contributed by atoms with Gasteiger partial charge in [-0.1, -0.05) is 36.4 Å². The summed E-state index contributed by atoms with van der Waals surface area (Å²) in [6.45, 7) is 0. The predicted octanol–water partition coefficient (Wildman–Crippen LogP) is 3.68. The van der Waals surface area contributed by atoms with Gasteiger partial charge in [-0.2, -0.15) is 5.10 Å². The van der Waals surface area contributed by atoms with Crippen molar-refractivity contribution in [3.63, 3.8) is 0 Å². The molecule has 1 heterocycles. The lowest BCUT2D eigenvalue weighted by Gasteiger charge is -2.08. The predicted molar refractivity (Wildman–Crippen MR) is 115 cm³/mol. The summed E-state index contributed by atoms with van der Waals surface area (Å²) < 4.78 is 5.16. The lowest BCUT2D eigenvalue weighted by molar-refractivity contribution is -0.117. The first-order chi connectivity index (χ1) is 14.2. The Morgan fingerprint density at radius 1 is 1.03 bits per heavy atom. The Bertz CT molecular complexity index is 1030. The number of nitrogens with one attached hydrogen (secondary N) is 2. The van der Waals surface area contributed by atoms with Crippen LogP contribution in [0.5, 0.6) is 5.75 Å². The molecule has 0 atom stereocenters. The van der Waals surface area contributed by atoms with Crippen LogP contribution in [0.2, 0.25) is 0 Å². The summed E-state index contributed by atoms with van der Waals surface area (Å²) >= 11 is 1.46. The van der Waals surface area contributed by atoms with Crippen LogP contribution in [0, 0.1) is 0 Å². The molecule has 1 aromatic heterocycles. The highest BCUT2D eigenvalue weighted by Crippen LogP contribution is 2.13. The molecule has 0 radical (unpaired) electrons. The number of nitrogens with zero attached hydrogens (tertiary/aromatic N) is 1. The summed E-state index contributed by atoms with van der Waals surface area (Å²) in [4.78, 5) is 25.9. The van der Waals surface area contributed by atoms with Crippen molar-refractivity contribution in [1.82, 2.24) is 10.7 Å². The summed E-state index contributed by atoms with van der Waals surface area (Å²) in [7, 11) is 1.58.